The highest BCUT2D eigenvalue weighted by atomic mass is 16.2. The first kappa shape index (κ1) is 11.0. The summed E-state index contributed by atoms with van der Waals surface area (Å²) in [5.41, 5.74) is 6.36. The van der Waals surface area contributed by atoms with Crippen LogP contribution in [0.25, 0.3) is 10.8 Å². The van der Waals surface area contributed by atoms with Crippen molar-refractivity contribution >= 4 is 22.5 Å². The molecule has 0 unspecified atom stereocenters. The van der Waals surface area contributed by atoms with Gasteiger partial charge in [0.25, 0.3) is 5.91 Å². The number of hydrogen-bond acceptors (Lipinski definition) is 3. The van der Waals surface area contributed by atoms with Gasteiger partial charge in [-0.2, -0.15) is 0 Å². The summed E-state index contributed by atoms with van der Waals surface area (Å²) >= 11 is 0. The van der Waals surface area contributed by atoms with Crippen LogP contribution in [0.1, 0.15) is 23.3 Å². The maximum atomic E-state index is 12.3. The molecule has 1 aliphatic heterocycles. The van der Waals surface area contributed by atoms with Gasteiger partial charge in [-0.1, -0.05) is 24.3 Å². The number of nitrogen functional groups attached to an aromatic ring is 1. The van der Waals surface area contributed by atoms with E-state index in [9.17, 15) is 4.79 Å². The van der Waals surface area contributed by atoms with E-state index >= 15 is 0 Å². The van der Waals surface area contributed by atoms with Crippen LogP contribution in [-0.2, 0) is 0 Å². The number of carbonyl (C=O) groups excluding carboxylic acids is 1. The lowest BCUT2D eigenvalue weighted by Crippen LogP contribution is -2.28. The standard InChI is InChI=1S/C14H15N3O/c15-13-11-6-2-1-5-10(11)9-12(16-13)14(18)17-7-3-4-8-17/h1-2,5-6,9H,3-4,7-8H2,(H2,15,16). The second-order valence-corrected chi connectivity index (χ2v) is 4.61. The first-order chi connectivity index (χ1) is 8.75. The van der Waals surface area contributed by atoms with Gasteiger partial charge in [0.1, 0.15) is 11.5 Å². The van der Waals surface area contributed by atoms with Gasteiger partial charge in [-0.25, -0.2) is 4.98 Å². The Balaban J connectivity index is 2.04. The van der Waals surface area contributed by atoms with E-state index in [2.05, 4.69) is 4.98 Å². The van der Waals surface area contributed by atoms with Crippen molar-refractivity contribution in [2.24, 2.45) is 0 Å². The van der Waals surface area contributed by atoms with E-state index < -0.39 is 0 Å². The van der Waals surface area contributed by atoms with Crippen LogP contribution < -0.4 is 5.73 Å². The highest BCUT2D eigenvalue weighted by Crippen LogP contribution is 2.21. The average Bonchev–Trinajstić information content (AvgIpc) is 2.91. The quantitative estimate of drug-likeness (QED) is 0.831. The Kier molecular flexibility index (Phi) is 2.63. The molecule has 2 aromatic rings. The van der Waals surface area contributed by atoms with Crippen LogP contribution in [0.15, 0.2) is 30.3 Å². The molecule has 0 atom stereocenters. The number of aromatic nitrogens is 1. The Morgan fingerprint density at radius 3 is 2.72 bits per heavy atom. The summed E-state index contributed by atoms with van der Waals surface area (Å²) in [6, 6.07) is 9.55. The summed E-state index contributed by atoms with van der Waals surface area (Å²) in [6.45, 7) is 1.65. The maximum absolute atomic E-state index is 12.3. The van der Waals surface area contributed by atoms with Gasteiger partial charge in [0.2, 0.25) is 0 Å². The lowest BCUT2D eigenvalue weighted by atomic mass is 10.1. The third-order valence-corrected chi connectivity index (χ3v) is 3.38. The number of amides is 1. The highest BCUT2D eigenvalue weighted by Gasteiger charge is 2.21. The van der Waals surface area contributed by atoms with Gasteiger partial charge < -0.3 is 10.6 Å². The molecule has 1 aromatic heterocycles. The molecule has 92 valence electrons. The molecule has 18 heavy (non-hydrogen) atoms. The van der Waals surface area contributed by atoms with Gasteiger partial charge in [0.05, 0.1) is 0 Å². The van der Waals surface area contributed by atoms with Crippen LogP contribution in [0.5, 0.6) is 0 Å². The zero-order valence-corrected chi connectivity index (χ0v) is 10.1. The molecule has 0 bridgehead atoms. The predicted molar refractivity (Wildman–Crippen MR) is 71.3 cm³/mol. The Hall–Kier alpha value is -2.10. The fraction of sp³-hybridized carbons (Fsp3) is 0.286. The fourth-order valence-corrected chi connectivity index (χ4v) is 2.42. The minimum absolute atomic E-state index is 0.00930. The largest absolute Gasteiger partial charge is 0.383 e. The number of rotatable bonds is 1. The molecular weight excluding hydrogens is 226 g/mol. The molecule has 2 heterocycles. The van der Waals surface area contributed by atoms with E-state index in [-0.39, 0.29) is 5.91 Å². The van der Waals surface area contributed by atoms with E-state index in [1.807, 2.05) is 35.2 Å². The molecule has 3 rings (SSSR count). The zero-order chi connectivity index (χ0) is 12.5. The molecule has 1 fully saturated rings. The van der Waals surface area contributed by atoms with Crippen LogP contribution in [0.3, 0.4) is 0 Å². The SMILES string of the molecule is Nc1nc(C(=O)N2CCCC2)cc2ccccc12. The molecule has 1 aromatic carbocycles. The summed E-state index contributed by atoms with van der Waals surface area (Å²) in [5, 5.41) is 1.86. The van der Waals surface area contributed by atoms with E-state index in [1.54, 1.807) is 0 Å². The number of anilines is 1. The lowest BCUT2D eigenvalue weighted by molar-refractivity contribution is 0.0787. The first-order valence-corrected chi connectivity index (χ1v) is 6.20. The van der Waals surface area contributed by atoms with Crippen LogP contribution in [0, 0.1) is 0 Å². The molecule has 0 saturated carbocycles. The van der Waals surface area contributed by atoms with Crippen molar-refractivity contribution in [1.29, 1.82) is 0 Å². The van der Waals surface area contributed by atoms with Crippen molar-refractivity contribution in [2.45, 2.75) is 12.8 Å². The number of fused-ring (bicyclic) bond motifs is 1. The number of hydrogen-bond donors (Lipinski definition) is 1. The van der Waals surface area contributed by atoms with Crippen molar-refractivity contribution in [2.75, 3.05) is 18.8 Å². The summed E-state index contributed by atoms with van der Waals surface area (Å²) in [6.07, 6.45) is 2.16. The lowest BCUT2D eigenvalue weighted by Gasteiger charge is -2.15. The summed E-state index contributed by atoms with van der Waals surface area (Å²) in [4.78, 5) is 18.3. The van der Waals surface area contributed by atoms with Gasteiger partial charge in [0, 0.05) is 18.5 Å². The number of nitrogens with two attached hydrogens (primary N) is 1. The second kappa shape index (κ2) is 4.29. The number of nitrogens with zero attached hydrogens (tertiary/aromatic N) is 2. The molecule has 4 nitrogen and oxygen atoms in total. The first-order valence-electron chi connectivity index (χ1n) is 6.20. The van der Waals surface area contributed by atoms with E-state index in [1.165, 1.54) is 0 Å². The van der Waals surface area contributed by atoms with Crippen molar-refractivity contribution in [3.8, 4) is 0 Å². The van der Waals surface area contributed by atoms with Crippen LogP contribution in [-0.4, -0.2) is 28.9 Å². The molecule has 1 aliphatic rings. The fourth-order valence-electron chi connectivity index (χ4n) is 2.42. The van der Waals surface area contributed by atoms with E-state index in [0.29, 0.717) is 11.5 Å². The average molecular weight is 241 g/mol. The molecule has 0 spiro atoms. The zero-order valence-electron chi connectivity index (χ0n) is 10.1. The third-order valence-electron chi connectivity index (χ3n) is 3.38. The molecule has 2 N–H and O–H groups in total. The predicted octanol–water partition coefficient (Wildman–Crippen LogP) is 2.05. The number of likely N-dealkylation sites (tertiary alicyclic amines) is 1. The Bertz CT molecular complexity index is 603. The molecule has 1 saturated heterocycles. The van der Waals surface area contributed by atoms with Gasteiger partial charge in [-0.3, -0.25) is 4.79 Å². The normalized spacial score (nSPS) is 15.2. The minimum Gasteiger partial charge on any atom is -0.383 e. The van der Waals surface area contributed by atoms with Crippen LogP contribution in [0.4, 0.5) is 5.82 Å². The summed E-state index contributed by atoms with van der Waals surface area (Å²) in [7, 11) is 0. The topological polar surface area (TPSA) is 59.2 Å². The summed E-state index contributed by atoms with van der Waals surface area (Å²) < 4.78 is 0. The second-order valence-electron chi connectivity index (χ2n) is 4.61. The van der Waals surface area contributed by atoms with Crippen LogP contribution >= 0.6 is 0 Å². The molecule has 1 amide bonds. The monoisotopic (exact) mass is 241 g/mol. The molecular formula is C14H15N3O. The van der Waals surface area contributed by atoms with Gasteiger partial charge in [-0.05, 0) is 24.3 Å². The Morgan fingerprint density at radius 1 is 1.22 bits per heavy atom. The molecule has 0 aliphatic carbocycles. The van der Waals surface area contributed by atoms with Crippen molar-refractivity contribution in [3.63, 3.8) is 0 Å². The highest BCUT2D eigenvalue weighted by molar-refractivity contribution is 5.99. The van der Waals surface area contributed by atoms with Gasteiger partial charge in [-0.15, -0.1) is 0 Å². The minimum atomic E-state index is -0.00930. The number of benzene rings is 1. The molecule has 4 heteroatoms. The smallest absolute Gasteiger partial charge is 0.272 e. The number of carbonyl (C=O) groups is 1. The molecule has 0 radical (unpaired) electrons. The van der Waals surface area contributed by atoms with Crippen molar-refractivity contribution < 1.29 is 4.79 Å². The maximum Gasteiger partial charge on any atom is 0.272 e. The van der Waals surface area contributed by atoms with E-state index in [0.717, 1.165) is 36.7 Å². The third kappa shape index (κ3) is 1.79. The van der Waals surface area contributed by atoms with Gasteiger partial charge >= 0.3 is 0 Å². The van der Waals surface area contributed by atoms with E-state index in [4.69, 9.17) is 5.73 Å². The van der Waals surface area contributed by atoms with Crippen LogP contribution in [0.2, 0.25) is 0 Å². The van der Waals surface area contributed by atoms with Gasteiger partial charge in [0.15, 0.2) is 0 Å². The Morgan fingerprint density at radius 2 is 1.94 bits per heavy atom. The number of pyridine rings is 1. The van der Waals surface area contributed by atoms with Crippen molar-refractivity contribution in [1.82, 2.24) is 9.88 Å². The van der Waals surface area contributed by atoms with Crippen molar-refractivity contribution in [3.05, 3.63) is 36.0 Å². The summed E-state index contributed by atoms with van der Waals surface area (Å²) in [5.74, 6) is 0.417. The Labute approximate surface area is 105 Å².